The first kappa shape index (κ1) is 12.7. The first-order valence-corrected chi connectivity index (χ1v) is 7.47. The van der Waals surface area contributed by atoms with E-state index in [9.17, 15) is 13.2 Å². The summed E-state index contributed by atoms with van der Waals surface area (Å²) in [4.78, 5) is 12.4. The molecule has 0 bridgehead atoms. The summed E-state index contributed by atoms with van der Waals surface area (Å²) in [6.07, 6.45) is 3.36. The monoisotopic (exact) mass is 288 g/mol. The van der Waals surface area contributed by atoms with Crippen molar-refractivity contribution in [2.75, 3.05) is 0 Å². The van der Waals surface area contributed by atoms with Crippen LogP contribution in [0.5, 0.6) is 0 Å². The lowest BCUT2D eigenvalue weighted by Crippen LogP contribution is -2.34. The van der Waals surface area contributed by atoms with E-state index in [2.05, 4.69) is 4.72 Å². The van der Waals surface area contributed by atoms with Crippen molar-refractivity contribution < 1.29 is 13.2 Å². The van der Waals surface area contributed by atoms with Crippen LogP contribution in [-0.4, -0.2) is 18.8 Å². The van der Waals surface area contributed by atoms with Gasteiger partial charge in [-0.25, -0.2) is 8.42 Å². The second-order valence-electron chi connectivity index (χ2n) is 4.53. The highest BCUT2D eigenvalue weighted by molar-refractivity contribution is 7.90. The molecule has 0 aliphatic carbocycles. The summed E-state index contributed by atoms with van der Waals surface area (Å²) < 4.78 is 28.4. The molecule has 0 saturated carbocycles. The lowest BCUT2D eigenvalue weighted by atomic mass is 10.1. The number of nitrogens with zero attached hydrogens (tertiary/aromatic N) is 1. The fourth-order valence-electron chi connectivity index (χ4n) is 2.15. The summed E-state index contributed by atoms with van der Waals surface area (Å²) in [5.74, 6) is -0.323. The van der Waals surface area contributed by atoms with E-state index in [4.69, 9.17) is 0 Å². The Morgan fingerprint density at radius 1 is 1.15 bits per heavy atom. The van der Waals surface area contributed by atoms with Gasteiger partial charge < -0.3 is 4.57 Å². The first-order valence-electron chi connectivity index (χ1n) is 5.98. The first-order chi connectivity index (χ1) is 9.49. The van der Waals surface area contributed by atoms with Gasteiger partial charge in [0, 0.05) is 24.5 Å². The Kier molecular flexibility index (Phi) is 2.76. The molecule has 0 saturated heterocycles. The van der Waals surface area contributed by atoms with E-state index in [0.29, 0.717) is 0 Å². The number of rotatable bonds is 1. The molecule has 0 unspecified atom stereocenters. The Morgan fingerprint density at radius 2 is 1.90 bits per heavy atom. The minimum Gasteiger partial charge on any atom is -0.351 e. The van der Waals surface area contributed by atoms with Crippen molar-refractivity contribution >= 4 is 21.9 Å². The Labute approximate surface area is 116 Å². The van der Waals surface area contributed by atoms with E-state index in [0.717, 1.165) is 5.69 Å². The molecule has 0 radical (unpaired) electrons. The van der Waals surface area contributed by atoms with Crippen LogP contribution in [0.25, 0.3) is 6.08 Å². The molecule has 5 nitrogen and oxygen atoms in total. The number of carbonyl (C=O) groups excluding carboxylic acids is 1. The summed E-state index contributed by atoms with van der Waals surface area (Å²) in [7, 11) is -1.87. The number of fused-ring (bicyclic) bond motifs is 1. The zero-order chi connectivity index (χ0) is 14.3. The van der Waals surface area contributed by atoms with Crippen molar-refractivity contribution in [1.82, 2.24) is 9.29 Å². The number of benzene rings is 1. The lowest BCUT2D eigenvalue weighted by molar-refractivity contribution is 0.102. The molecule has 1 aliphatic rings. The van der Waals surface area contributed by atoms with Gasteiger partial charge in [0.15, 0.2) is 0 Å². The van der Waals surface area contributed by atoms with Crippen molar-refractivity contribution in [2.45, 2.75) is 4.90 Å². The third kappa shape index (κ3) is 1.94. The molecule has 2 aromatic rings. The standard InChI is InChI=1S/C14H12N2O3S/c1-16-8-4-5-10(16)9-12-14(17)11-6-2-3-7-13(11)20(18,19)15-12/h2-9,15H,1H3/b12-9-. The van der Waals surface area contributed by atoms with Crippen LogP contribution in [0.4, 0.5) is 0 Å². The predicted octanol–water partition coefficient (Wildman–Crippen LogP) is 1.54. The maximum atomic E-state index is 12.3. The van der Waals surface area contributed by atoms with Gasteiger partial charge in [0.2, 0.25) is 5.78 Å². The molecule has 20 heavy (non-hydrogen) atoms. The molecule has 3 rings (SSSR count). The third-order valence-electron chi connectivity index (χ3n) is 3.19. The summed E-state index contributed by atoms with van der Waals surface area (Å²) in [6, 6.07) is 9.82. The summed E-state index contributed by atoms with van der Waals surface area (Å²) in [6.45, 7) is 0. The number of sulfonamides is 1. The normalized spacial score (nSPS) is 18.6. The van der Waals surface area contributed by atoms with Crippen LogP contribution < -0.4 is 4.72 Å². The molecule has 1 aliphatic heterocycles. The van der Waals surface area contributed by atoms with Gasteiger partial charge in [-0.05, 0) is 30.3 Å². The van der Waals surface area contributed by atoms with Crippen molar-refractivity contribution in [2.24, 2.45) is 7.05 Å². The molecule has 0 atom stereocenters. The van der Waals surface area contributed by atoms with Gasteiger partial charge in [-0.15, -0.1) is 0 Å². The molecule has 0 amide bonds. The number of aromatic nitrogens is 1. The molecule has 0 fully saturated rings. The minimum atomic E-state index is -3.69. The maximum absolute atomic E-state index is 12.3. The van der Waals surface area contributed by atoms with E-state index >= 15 is 0 Å². The third-order valence-corrected chi connectivity index (χ3v) is 4.61. The Morgan fingerprint density at radius 3 is 2.60 bits per heavy atom. The van der Waals surface area contributed by atoms with Gasteiger partial charge in [0.25, 0.3) is 10.0 Å². The van der Waals surface area contributed by atoms with Crippen LogP contribution in [-0.2, 0) is 17.1 Å². The smallest absolute Gasteiger partial charge is 0.262 e. The van der Waals surface area contributed by atoms with Crippen LogP contribution in [0.15, 0.2) is 53.2 Å². The van der Waals surface area contributed by atoms with E-state index in [-0.39, 0.29) is 21.9 Å². The molecule has 1 N–H and O–H groups in total. The minimum absolute atomic E-state index is 0.0223. The van der Waals surface area contributed by atoms with Gasteiger partial charge >= 0.3 is 0 Å². The average Bonchev–Trinajstić information content (AvgIpc) is 2.81. The number of hydrogen-bond acceptors (Lipinski definition) is 3. The van der Waals surface area contributed by atoms with Gasteiger partial charge in [0.1, 0.15) is 0 Å². The number of ketones is 1. The molecule has 0 spiro atoms. The lowest BCUT2D eigenvalue weighted by Gasteiger charge is -2.19. The molecule has 102 valence electrons. The zero-order valence-electron chi connectivity index (χ0n) is 10.7. The Hall–Kier alpha value is -2.34. The van der Waals surface area contributed by atoms with Crippen LogP contribution in [0.2, 0.25) is 0 Å². The van der Waals surface area contributed by atoms with Crippen LogP contribution >= 0.6 is 0 Å². The molecule has 6 heteroatoms. The number of carbonyl (C=O) groups is 1. The molecule has 1 aromatic heterocycles. The largest absolute Gasteiger partial charge is 0.351 e. The Bertz CT molecular complexity index is 832. The zero-order valence-corrected chi connectivity index (χ0v) is 11.5. The highest BCUT2D eigenvalue weighted by Gasteiger charge is 2.31. The predicted molar refractivity (Wildman–Crippen MR) is 74.5 cm³/mol. The summed E-state index contributed by atoms with van der Waals surface area (Å²) >= 11 is 0. The fraction of sp³-hybridized carbons (Fsp3) is 0.0714. The molecule has 2 heterocycles. The summed E-state index contributed by atoms with van der Waals surface area (Å²) in [5, 5.41) is 0. The quantitative estimate of drug-likeness (QED) is 0.809. The van der Waals surface area contributed by atoms with Crippen molar-refractivity contribution in [3.05, 3.63) is 59.5 Å². The number of hydrogen-bond donors (Lipinski definition) is 1. The van der Waals surface area contributed by atoms with Crippen molar-refractivity contribution in [1.29, 1.82) is 0 Å². The van der Waals surface area contributed by atoms with Gasteiger partial charge in [-0.1, -0.05) is 12.1 Å². The van der Waals surface area contributed by atoms with Crippen LogP contribution in [0.1, 0.15) is 16.1 Å². The number of nitrogens with one attached hydrogen (secondary N) is 1. The number of Topliss-reactive ketones (excluding diaryl/α,β-unsaturated/α-hetero) is 1. The van der Waals surface area contributed by atoms with E-state index < -0.39 is 10.0 Å². The van der Waals surface area contributed by atoms with Crippen LogP contribution in [0, 0.1) is 0 Å². The number of aryl methyl sites for hydroxylation is 1. The van der Waals surface area contributed by atoms with Gasteiger partial charge in [-0.2, -0.15) is 0 Å². The van der Waals surface area contributed by atoms with Crippen molar-refractivity contribution in [3.8, 4) is 0 Å². The van der Waals surface area contributed by atoms with E-state index in [1.165, 1.54) is 18.2 Å². The highest BCUT2D eigenvalue weighted by atomic mass is 32.2. The van der Waals surface area contributed by atoms with Gasteiger partial charge in [0.05, 0.1) is 10.6 Å². The average molecular weight is 288 g/mol. The van der Waals surface area contributed by atoms with E-state index in [1.807, 2.05) is 19.3 Å². The summed E-state index contributed by atoms with van der Waals surface area (Å²) in [5.41, 5.74) is 1.01. The fourth-order valence-corrected chi connectivity index (χ4v) is 3.41. The molecular weight excluding hydrogens is 276 g/mol. The van der Waals surface area contributed by atoms with E-state index in [1.54, 1.807) is 22.8 Å². The van der Waals surface area contributed by atoms with Gasteiger partial charge in [-0.3, -0.25) is 9.52 Å². The molecule has 1 aromatic carbocycles. The number of allylic oxidation sites excluding steroid dienone is 1. The van der Waals surface area contributed by atoms with Crippen molar-refractivity contribution in [3.63, 3.8) is 0 Å². The topological polar surface area (TPSA) is 68.2 Å². The second-order valence-corrected chi connectivity index (χ2v) is 6.18. The highest BCUT2D eigenvalue weighted by Crippen LogP contribution is 2.25. The maximum Gasteiger partial charge on any atom is 0.262 e. The SMILES string of the molecule is Cn1cccc1/C=C1\NS(=O)(=O)c2ccccc2C1=O. The van der Waals surface area contributed by atoms with Crippen LogP contribution in [0.3, 0.4) is 0 Å². The second kappa shape index (κ2) is 4.35. The Balaban J connectivity index is 2.17. The molecular formula is C14H12N2O3S.